The molecule has 6 rings (SSSR count). The third-order valence-corrected chi connectivity index (χ3v) is 9.19. The minimum Gasteiger partial charge on any atom is -0.482 e. The number of nitriles is 2. The van der Waals surface area contributed by atoms with Gasteiger partial charge in [0.15, 0.2) is 23.1 Å². The fourth-order valence-electron chi connectivity index (χ4n) is 6.11. The van der Waals surface area contributed by atoms with Crippen molar-refractivity contribution < 1.29 is 32.0 Å². The van der Waals surface area contributed by atoms with Crippen molar-refractivity contribution in [2.24, 2.45) is 14.0 Å². The molecule has 0 aliphatic carbocycles. The van der Waals surface area contributed by atoms with Crippen LogP contribution in [0.1, 0.15) is 103 Å². The summed E-state index contributed by atoms with van der Waals surface area (Å²) >= 11 is 0. The summed E-state index contributed by atoms with van der Waals surface area (Å²) in [7, 11) is 5.36. The van der Waals surface area contributed by atoms with Crippen LogP contribution in [0.2, 0.25) is 0 Å². The van der Waals surface area contributed by atoms with Gasteiger partial charge in [-0.3, -0.25) is 19.0 Å². The van der Waals surface area contributed by atoms with E-state index in [2.05, 4.69) is 30.8 Å². The van der Waals surface area contributed by atoms with Gasteiger partial charge >= 0.3 is 0 Å². The Bertz CT molecular complexity index is 2800. The Morgan fingerprint density at radius 2 is 1.25 bits per heavy atom. The highest BCUT2D eigenvalue weighted by atomic mass is 19.1. The van der Waals surface area contributed by atoms with Gasteiger partial charge in [-0.15, -0.1) is 0 Å². The predicted molar refractivity (Wildman–Crippen MR) is 232 cm³/mol. The number of benzene rings is 2. The molecule has 0 saturated heterocycles. The largest absolute Gasteiger partial charge is 0.482 e. The van der Waals surface area contributed by atoms with E-state index >= 15 is 0 Å². The second kappa shape index (κ2) is 21.1. The number of aromatic nitrogens is 6. The van der Waals surface area contributed by atoms with E-state index in [9.17, 15) is 18.4 Å². The lowest BCUT2D eigenvalue weighted by Gasteiger charge is -2.22. The molecule has 2 atom stereocenters. The minimum atomic E-state index is -2.63. The molecule has 0 fully saturated rings. The van der Waals surface area contributed by atoms with Crippen molar-refractivity contribution in [3.63, 3.8) is 0 Å². The van der Waals surface area contributed by atoms with E-state index in [1.54, 1.807) is 51.5 Å². The number of ether oxygens (including phenoxy) is 2. The molecule has 0 aliphatic heterocycles. The first kappa shape index (κ1) is 43.2. The minimum absolute atomic E-state index is 0. The van der Waals surface area contributed by atoms with E-state index in [0.29, 0.717) is 44.5 Å². The standard InChI is InChI=1S/C23H25FN6O2.C21H21FN6O2.CH4/c1-14-8-21(22(26-12-14)29(3)4)32-15(2)20-9-16(24)6-7-19(20)23(31)27-13-17-10-18(11-25)30(5)28-17;1-12-6-19(20(24)25-10-12)30-13(2)18-7-14(22)4-5-17(18)21(29)26-11-15-8-16(9-23)28(3)27-15;/h6-10,12,15H,13H2,1-5H3,(H,27,31);4-8,10,13H,11H2,1-3H3,(H2,24,25)(H,26,29);1H4/t15-;13-;/m11./s1/i;3D3;. The second-order valence-electron chi connectivity index (χ2n) is 14.3. The number of nitrogens with two attached hydrogens (primary N) is 1. The van der Waals surface area contributed by atoms with Gasteiger partial charge in [-0.2, -0.15) is 20.7 Å². The maximum absolute atomic E-state index is 14.1. The molecule has 63 heavy (non-hydrogen) atoms. The number of pyridine rings is 2. The number of nitrogens with zero attached hydrogens (tertiary/aromatic N) is 9. The highest BCUT2D eigenvalue weighted by molar-refractivity contribution is 5.96. The fourth-order valence-corrected chi connectivity index (χ4v) is 6.11. The zero-order chi connectivity index (χ0) is 47.7. The molecule has 0 bridgehead atoms. The molecule has 18 heteroatoms. The third kappa shape index (κ3) is 12.1. The van der Waals surface area contributed by atoms with Gasteiger partial charge in [-0.25, -0.2) is 18.7 Å². The molecule has 4 heterocycles. The molecule has 0 saturated carbocycles. The first-order valence-corrected chi connectivity index (χ1v) is 19.0. The summed E-state index contributed by atoms with van der Waals surface area (Å²) in [5, 5.41) is 31.6. The predicted octanol–water partition coefficient (Wildman–Crippen LogP) is 6.69. The van der Waals surface area contributed by atoms with Gasteiger partial charge in [0.05, 0.1) is 24.5 Å². The number of amides is 2. The van der Waals surface area contributed by atoms with Crippen LogP contribution < -0.4 is 30.7 Å². The third-order valence-electron chi connectivity index (χ3n) is 9.19. The number of carbonyl (C=O) groups excluding carboxylic acids is 2. The molecular formula is C45H50F2N12O4. The number of aryl methyl sites for hydroxylation is 4. The average molecular weight is 864 g/mol. The number of carbonyl (C=O) groups is 2. The number of anilines is 2. The lowest BCUT2D eigenvalue weighted by Crippen LogP contribution is -2.25. The van der Waals surface area contributed by atoms with Crippen LogP contribution in [0.5, 0.6) is 11.5 Å². The first-order chi connectivity index (χ1) is 30.7. The lowest BCUT2D eigenvalue weighted by molar-refractivity contribution is 0.0938. The highest BCUT2D eigenvalue weighted by Crippen LogP contribution is 2.32. The molecule has 6 aromatic rings. The number of hydrogen-bond acceptors (Lipinski definition) is 12. The summed E-state index contributed by atoms with van der Waals surface area (Å²) in [6, 6.07) is 17.8. The van der Waals surface area contributed by atoms with Crippen molar-refractivity contribution in [3.05, 3.63) is 141 Å². The number of nitrogens with one attached hydrogen (secondary N) is 2. The SMILES string of the molecule is C.Cc1cnc(N(C)C)c(O[C@H](C)c2cc(F)ccc2C(=O)NCc2cc(C#N)n(C)n2)c1.[2H]C([2H])([2H])n1nc(CNC(=O)c2ccc(F)cc2[C@@H](C)Oc2cc(C)cnc2N)cc1C#N. The van der Waals surface area contributed by atoms with Gasteiger partial charge in [-0.05, 0) is 99.5 Å². The summed E-state index contributed by atoms with van der Waals surface area (Å²) in [6.07, 6.45) is 1.96. The van der Waals surface area contributed by atoms with Crippen LogP contribution in [-0.2, 0) is 27.1 Å². The van der Waals surface area contributed by atoms with E-state index in [-0.39, 0.29) is 48.8 Å². The van der Waals surface area contributed by atoms with Gasteiger partial charge in [0.25, 0.3) is 11.8 Å². The molecule has 4 N–H and O–H groups in total. The van der Waals surface area contributed by atoms with Crippen molar-refractivity contribution in [2.45, 2.75) is 60.4 Å². The lowest BCUT2D eigenvalue weighted by atomic mass is 10.0. The normalized spacial score (nSPS) is 12.3. The van der Waals surface area contributed by atoms with Gasteiger partial charge in [-0.1, -0.05) is 7.43 Å². The molecule has 0 spiro atoms. The molecular weight excluding hydrogens is 811 g/mol. The maximum atomic E-state index is 14.1. The molecule has 0 radical (unpaired) electrons. The van der Waals surface area contributed by atoms with E-state index in [4.69, 9.17) is 29.8 Å². The Morgan fingerprint density at radius 3 is 1.71 bits per heavy atom. The fraction of sp³-hybridized carbons (Fsp3) is 0.289. The molecule has 2 aromatic carbocycles. The zero-order valence-electron chi connectivity index (χ0n) is 38.0. The average Bonchev–Trinajstić information content (AvgIpc) is 3.86. The van der Waals surface area contributed by atoms with E-state index in [1.807, 2.05) is 45.0 Å². The molecule has 2 amide bonds. The zero-order valence-corrected chi connectivity index (χ0v) is 35.0. The number of rotatable bonds is 13. The Kier molecular flexibility index (Phi) is 14.5. The smallest absolute Gasteiger partial charge is 0.252 e. The van der Waals surface area contributed by atoms with Crippen LogP contribution in [0.3, 0.4) is 0 Å². The topological polar surface area (TPSA) is 215 Å². The molecule has 16 nitrogen and oxygen atoms in total. The molecule has 328 valence electrons. The summed E-state index contributed by atoms with van der Waals surface area (Å²) in [4.78, 5) is 36.0. The molecule has 4 aromatic heterocycles. The van der Waals surface area contributed by atoms with Crippen molar-refractivity contribution in [1.82, 2.24) is 40.2 Å². The number of halogens is 2. The van der Waals surface area contributed by atoms with Gasteiger partial charge in [0.2, 0.25) is 0 Å². The van der Waals surface area contributed by atoms with Crippen molar-refractivity contribution >= 4 is 23.5 Å². The summed E-state index contributed by atoms with van der Waals surface area (Å²) in [5.41, 5.74) is 9.68. The number of hydrogen-bond donors (Lipinski definition) is 3. The van der Waals surface area contributed by atoms with Crippen LogP contribution >= 0.6 is 0 Å². The van der Waals surface area contributed by atoms with Gasteiger partial charge < -0.3 is 30.7 Å². The van der Waals surface area contributed by atoms with E-state index < -0.39 is 42.6 Å². The van der Waals surface area contributed by atoms with Crippen LogP contribution in [0.4, 0.5) is 20.4 Å². The van der Waals surface area contributed by atoms with Crippen molar-refractivity contribution in [2.75, 3.05) is 24.7 Å². The highest BCUT2D eigenvalue weighted by Gasteiger charge is 2.22. The Labute approximate surface area is 369 Å². The molecule has 0 unspecified atom stereocenters. The number of nitrogen functional groups attached to an aromatic ring is 1. The summed E-state index contributed by atoms with van der Waals surface area (Å²) in [6.45, 7) is 4.48. The Balaban J connectivity index is 0.000000284. The monoisotopic (exact) mass is 863 g/mol. The van der Waals surface area contributed by atoms with Crippen molar-refractivity contribution in [1.29, 1.82) is 10.5 Å². The van der Waals surface area contributed by atoms with E-state index in [1.165, 1.54) is 41.1 Å². The first-order valence-electron chi connectivity index (χ1n) is 20.5. The van der Waals surface area contributed by atoms with Crippen LogP contribution in [0.15, 0.2) is 73.1 Å². The molecule has 0 aliphatic rings. The van der Waals surface area contributed by atoms with Gasteiger partial charge in [0.1, 0.15) is 47.4 Å². The summed E-state index contributed by atoms with van der Waals surface area (Å²) < 4.78 is 64.4. The second-order valence-corrected chi connectivity index (χ2v) is 14.3. The Morgan fingerprint density at radius 1 is 0.794 bits per heavy atom. The van der Waals surface area contributed by atoms with Crippen LogP contribution in [0.25, 0.3) is 0 Å². The van der Waals surface area contributed by atoms with Crippen LogP contribution in [-0.4, -0.2) is 55.4 Å². The van der Waals surface area contributed by atoms with E-state index in [0.717, 1.165) is 17.2 Å². The maximum Gasteiger partial charge on any atom is 0.252 e. The summed E-state index contributed by atoms with van der Waals surface area (Å²) in [5.74, 6) is -0.338. The van der Waals surface area contributed by atoms with Gasteiger partial charge in [0, 0.05) is 66.9 Å². The van der Waals surface area contributed by atoms with Crippen molar-refractivity contribution in [3.8, 4) is 23.6 Å². The quantitative estimate of drug-likeness (QED) is 0.111. The Hall–Kier alpha value is -7.86. The van der Waals surface area contributed by atoms with Crippen LogP contribution in [0, 0.1) is 48.1 Å².